The lowest BCUT2D eigenvalue weighted by Crippen LogP contribution is -2.42. The van der Waals surface area contributed by atoms with E-state index < -0.39 is 4.92 Å². The van der Waals surface area contributed by atoms with E-state index in [9.17, 15) is 14.9 Å². The van der Waals surface area contributed by atoms with E-state index in [4.69, 9.17) is 9.47 Å². The molecular formula is C15H21N3O5. The molecular weight excluding hydrogens is 302 g/mol. The molecule has 0 atom stereocenters. The third-order valence-electron chi connectivity index (χ3n) is 3.78. The second-order valence-corrected chi connectivity index (χ2v) is 5.22. The molecule has 1 aromatic rings. The van der Waals surface area contributed by atoms with Gasteiger partial charge in [0.2, 0.25) is 0 Å². The number of likely N-dealkylation sites (tertiary alicyclic amines) is 1. The summed E-state index contributed by atoms with van der Waals surface area (Å²) >= 11 is 0. The molecule has 1 aliphatic heterocycles. The van der Waals surface area contributed by atoms with Crippen LogP contribution in [0.15, 0.2) is 18.2 Å². The maximum atomic E-state index is 11.7. The van der Waals surface area contributed by atoms with Crippen molar-refractivity contribution in [1.82, 2.24) is 4.90 Å². The molecule has 1 fully saturated rings. The van der Waals surface area contributed by atoms with Crippen molar-refractivity contribution in [1.29, 1.82) is 0 Å². The highest BCUT2D eigenvalue weighted by atomic mass is 16.6. The van der Waals surface area contributed by atoms with Gasteiger partial charge in [0.15, 0.2) is 5.75 Å². The lowest BCUT2D eigenvalue weighted by molar-refractivity contribution is -0.384. The number of piperidine rings is 1. The highest BCUT2D eigenvalue weighted by molar-refractivity contribution is 5.69. The van der Waals surface area contributed by atoms with Crippen LogP contribution >= 0.6 is 0 Å². The summed E-state index contributed by atoms with van der Waals surface area (Å²) in [6.07, 6.45) is 1.10. The first-order valence-electron chi connectivity index (χ1n) is 7.56. The van der Waals surface area contributed by atoms with Gasteiger partial charge in [-0.3, -0.25) is 10.1 Å². The van der Waals surface area contributed by atoms with E-state index >= 15 is 0 Å². The molecule has 8 nitrogen and oxygen atoms in total. The minimum atomic E-state index is -0.449. The van der Waals surface area contributed by atoms with Gasteiger partial charge in [-0.25, -0.2) is 4.79 Å². The first-order valence-corrected chi connectivity index (χ1v) is 7.56. The summed E-state index contributed by atoms with van der Waals surface area (Å²) in [5, 5.41) is 14.5. The zero-order valence-corrected chi connectivity index (χ0v) is 13.3. The largest absolute Gasteiger partial charge is 0.490 e. The van der Waals surface area contributed by atoms with Crippen LogP contribution in [0.25, 0.3) is 0 Å². The predicted molar refractivity (Wildman–Crippen MR) is 84.9 cm³/mol. The van der Waals surface area contributed by atoms with E-state index in [1.807, 2.05) is 0 Å². The number of anilines is 1. The van der Waals surface area contributed by atoms with Gasteiger partial charge in [-0.15, -0.1) is 0 Å². The smallest absolute Gasteiger partial charge is 0.409 e. The van der Waals surface area contributed by atoms with Gasteiger partial charge in [0.05, 0.1) is 18.6 Å². The third kappa shape index (κ3) is 4.02. The minimum absolute atomic E-state index is 0.0616. The Morgan fingerprint density at radius 1 is 1.43 bits per heavy atom. The summed E-state index contributed by atoms with van der Waals surface area (Å²) in [6, 6.07) is 5.00. The van der Waals surface area contributed by atoms with E-state index in [1.54, 1.807) is 30.0 Å². The predicted octanol–water partition coefficient (Wildman–Crippen LogP) is 2.64. The fourth-order valence-electron chi connectivity index (χ4n) is 2.63. The maximum Gasteiger partial charge on any atom is 0.409 e. The molecule has 0 radical (unpaired) electrons. The summed E-state index contributed by atoms with van der Waals surface area (Å²) < 4.78 is 10.0. The zero-order valence-electron chi connectivity index (χ0n) is 13.3. The molecule has 1 heterocycles. The Balaban J connectivity index is 2.02. The molecule has 1 N–H and O–H groups in total. The van der Waals surface area contributed by atoms with Gasteiger partial charge < -0.3 is 19.7 Å². The van der Waals surface area contributed by atoms with Gasteiger partial charge in [-0.1, -0.05) is 6.07 Å². The van der Waals surface area contributed by atoms with Crippen molar-refractivity contribution >= 4 is 17.5 Å². The Kier molecular flexibility index (Phi) is 5.61. The Bertz CT molecular complexity index is 570. The second-order valence-electron chi connectivity index (χ2n) is 5.22. The molecule has 0 unspecified atom stereocenters. The number of amides is 1. The minimum Gasteiger partial charge on any atom is -0.490 e. The summed E-state index contributed by atoms with van der Waals surface area (Å²) in [4.78, 5) is 24.1. The highest BCUT2D eigenvalue weighted by Crippen LogP contribution is 2.35. The van der Waals surface area contributed by atoms with E-state index in [0.717, 1.165) is 0 Å². The van der Waals surface area contributed by atoms with Crippen molar-refractivity contribution in [2.45, 2.75) is 25.8 Å². The number of nitro groups is 1. The lowest BCUT2D eigenvalue weighted by atomic mass is 10.0. The Labute approximate surface area is 134 Å². The summed E-state index contributed by atoms with van der Waals surface area (Å²) in [6.45, 7) is 3.25. The number of hydrogen-bond donors (Lipinski definition) is 1. The Hall–Kier alpha value is -2.51. The molecule has 0 bridgehead atoms. The number of benzene rings is 1. The second kappa shape index (κ2) is 7.66. The molecule has 1 amide bonds. The number of nitrogens with one attached hydrogen (secondary N) is 1. The van der Waals surface area contributed by atoms with Crippen LogP contribution in [0.1, 0.15) is 19.8 Å². The SMILES string of the molecule is CCOC(=O)N1CCC(Nc2cccc(OC)c2[N+](=O)[O-])CC1. The fraction of sp³-hybridized carbons (Fsp3) is 0.533. The number of methoxy groups -OCH3 is 1. The first kappa shape index (κ1) is 16.9. The van der Waals surface area contributed by atoms with Crippen LogP contribution in [0.2, 0.25) is 0 Å². The van der Waals surface area contributed by atoms with Crippen molar-refractivity contribution in [2.24, 2.45) is 0 Å². The molecule has 1 aliphatic rings. The summed E-state index contributed by atoms with van der Waals surface area (Å²) in [5.74, 6) is 0.226. The van der Waals surface area contributed by atoms with Crippen LogP contribution in [0.4, 0.5) is 16.2 Å². The topological polar surface area (TPSA) is 93.9 Å². The molecule has 0 aromatic heterocycles. The average molecular weight is 323 g/mol. The van der Waals surface area contributed by atoms with E-state index in [0.29, 0.717) is 38.2 Å². The molecule has 1 saturated heterocycles. The van der Waals surface area contributed by atoms with E-state index in [-0.39, 0.29) is 23.6 Å². The number of rotatable bonds is 5. The van der Waals surface area contributed by atoms with Gasteiger partial charge in [0.25, 0.3) is 0 Å². The van der Waals surface area contributed by atoms with Crippen LogP contribution in [-0.4, -0.2) is 48.8 Å². The van der Waals surface area contributed by atoms with Crippen LogP contribution in [0.3, 0.4) is 0 Å². The highest BCUT2D eigenvalue weighted by Gasteiger charge is 2.26. The number of para-hydroxylation sites is 1. The molecule has 8 heteroatoms. The summed E-state index contributed by atoms with van der Waals surface area (Å²) in [5.41, 5.74) is 0.367. The monoisotopic (exact) mass is 323 g/mol. The fourth-order valence-corrected chi connectivity index (χ4v) is 2.63. The number of nitro benzene ring substituents is 1. The first-order chi connectivity index (χ1) is 11.1. The molecule has 1 aromatic carbocycles. The van der Waals surface area contributed by atoms with Crippen molar-refractivity contribution < 1.29 is 19.2 Å². The maximum absolute atomic E-state index is 11.7. The van der Waals surface area contributed by atoms with Crippen LogP contribution in [-0.2, 0) is 4.74 Å². The molecule has 0 saturated carbocycles. The zero-order chi connectivity index (χ0) is 16.8. The standard InChI is InChI=1S/C15H21N3O5/c1-3-23-15(19)17-9-7-11(8-10-17)16-12-5-4-6-13(22-2)14(12)18(20)21/h4-6,11,16H,3,7-10H2,1-2H3. The van der Waals surface area contributed by atoms with Crippen LogP contribution in [0.5, 0.6) is 5.75 Å². The van der Waals surface area contributed by atoms with E-state index in [2.05, 4.69) is 5.32 Å². The number of nitrogens with zero attached hydrogens (tertiary/aromatic N) is 2. The molecule has 2 rings (SSSR count). The number of hydrogen-bond acceptors (Lipinski definition) is 6. The van der Waals surface area contributed by atoms with Crippen molar-refractivity contribution in [3.63, 3.8) is 0 Å². The molecule has 126 valence electrons. The number of carbonyl (C=O) groups is 1. The molecule has 23 heavy (non-hydrogen) atoms. The summed E-state index contributed by atoms with van der Waals surface area (Å²) in [7, 11) is 1.41. The third-order valence-corrected chi connectivity index (χ3v) is 3.78. The quantitative estimate of drug-likeness (QED) is 0.661. The Morgan fingerprint density at radius 3 is 2.70 bits per heavy atom. The molecule has 0 spiro atoms. The van der Waals surface area contributed by atoms with Crippen molar-refractivity contribution in [3.05, 3.63) is 28.3 Å². The van der Waals surface area contributed by atoms with E-state index in [1.165, 1.54) is 7.11 Å². The lowest BCUT2D eigenvalue weighted by Gasteiger charge is -2.32. The van der Waals surface area contributed by atoms with Gasteiger partial charge in [0.1, 0.15) is 5.69 Å². The molecule has 0 aliphatic carbocycles. The van der Waals surface area contributed by atoms with Gasteiger partial charge in [0, 0.05) is 19.1 Å². The average Bonchev–Trinajstić information content (AvgIpc) is 2.55. The van der Waals surface area contributed by atoms with Crippen molar-refractivity contribution in [3.8, 4) is 5.75 Å². The van der Waals surface area contributed by atoms with Gasteiger partial charge in [-0.05, 0) is 31.9 Å². The number of ether oxygens (including phenoxy) is 2. The van der Waals surface area contributed by atoms with Crippen LogP contribution < -0.4 is 10.1 Å². The van der Waals surface area contributed by atoms with Gasteiger partial charge in [-0.2, -0.15) is 0 Å². The van der Waals surface area contributed by atoms with Crippen LogP contribution in [0, 0.1) is 10.1 Å². The van der Waals surface area contributed by atoms with Crippen molar-refractivity contribution in [2.75, 3.05) is 32.1 Å². The van der Waals surface area contributed by atoms with Gasteiger partial charge >= 0.3 is 11.8 Å². The number of carbonyl (C=O) groups excluding carboxylic acids is 1. The normalized spacial score (nSPS) is 15.1. The Morgan fingerprint density at radius 2 is 2.13 bits per heavy atom.